The number of aryl methyl sites for hydroxylation is 2. The van der Waals surface area contributed by atoms with E-state index in [0.29, 0.717) is 21.6 Å². The first-order valence-corrected chi connectivity index (χ1v) is 9.20. The fourth-order valence-electron chi connectivity index (χ4n) is 2.75. The van der Waals surface area contributed by atoms with Gasteiger partial charge in [-0.2, -0.15) is 0 Å². The maximum absolute atomic E-state index is 12.4. The molecule has 2 aromatic heterocycles. The molecule has 1 atom stereocenters. The van der Waals surface area contributed by atoms with Gasteiger partial charge in [0.1, 0.15) is 15.5 Å². The second-order valence-electron chi connectivity index (χ2n) is 6.16. The van der Waals surface area contributed by atoms with Crippen molar-refractivity contribution < 1.29 is 14.3 Å². The first kappa shape index (κ1) is 18.8. The predicted molar refractivity (Wildman–Crippen MR) is 103 cm³/mol. The smallest absolute Gasteiger partial charge is 0.349 e. The summed E-state index contributed by atoms with van der Waals surface area (Å²) < 4.78 is 5.13. The van der Waals surface area contributed by atoms with Crippen molar-refractivity contribution >= 4 is 33.4 Å². The highest BCUT2D eigenvalue weighted by Crippen LogP contribution is 2.27. The zero-order valence-electron chi connectivity index (χ0n) is 15.2. The molecule has 0 saturated carbocycles. The van der Waals surface area contributed by atoms with E-state index in [4.69, 9.17) is 4.74 Å². The molecule has 0 aliphatic heterocycles. The highest BCUT2D eigenvalue weighted by Gasteiger charge is 2.21. The summed E-state index contributed by atoms with van der Waals surface area (Å²) in [6.07, 6.45) is 0. The molecule has 140 valence electrons. The summed E-state index contributed by atoms with van der Waals surface area (Å²) in [5.41, 5.74) is 1.17. The second-order valence-corrected chi connectivity index (χ2v) is 7.16. The third-order valence-electron chi connectivity index (χ3n) is 4.12. The van der Waals surface area contributed by atoms with Gasteiger partial charge in [0, 0.05) is 0 Å². The molecule has 1 unspecified atom stereocenters. The van der Waals surface area contributed by atoms with E-state index in [1.807, 2.05) is 37.3 Å². The molecule has 2 N–H and O–H groups in total. The van der Waals surface area contributed by atoms with Gasteiger partial charge >= 0.3 is 5.97 Å². The summed E-state index contributed by atoms with van der Waals surface area (Å²) in [5, 5.41) is 3.16. The topological polar surface area (TPSA) is 101 Å². The van der Waals surface area contributed by atoms with Gasteiger partial charge in [-0.3, -0.25) is 9.59 Å². The minimum absolute atomic E-state index is 0.200. The lowest BCUT2D eigenvalue weighted by molar-refractivity contribution is -0.124. The maximum atomic E-state index is 12.4. The van der Waals surface area contributed by atoms with Crippen LogP contribution in [-0.2, 0) is 9.53 Å². The van der Waals surface area contributed by atoms with E-state index < -0.39 is 18.5 Å². The van der Waals surface area contributed by atoms with Crippen molar-refractivity contribution in [1.29, 1.82) is 0 Å². The maximum Gasteiger partial charge on any atom is 0.349 e. The number of esters is 1. The lowest BCUT2D eigenvalue weighted by atomic mass is 10.1. The Morgan fingerprint density at radius 1 is 1.26 bits per heavy atom. The van der Waals surface area contributed by atoms with Crippen LogP contribution in [0.4, 0.5) is 0 Å². The van der Waals surface area contributed by atoms with E-state index in [0.717, 1.165) is 16.9 Å². The molecule has 0 saturated heterocycles. The Labute approximate surface area is 159 Å². The zero-order chi connectivity index (χ0) is 19.6. The minimum Gasteiger partial charge on any atom is -0.451 e. The first-order valence-electron chi connectivity index (χ1n) is 8.38. The van der Waals surface area contributed by atoms with Crippen molar-refractivity contribution in [3.8, 4) is 0 Å². The van der Waals surface area contributed by atoms with Crippen molar-refractivity contribution in [2.75, 3.05) is 6.61 Å². The summed E-state index contributed by atoms with van der Waals surface area (Å²) >= 11 is 1.09. The second kappa shape index (κ2) is 7.71. The third kappa shape index (κ3) is 4.06. The average molecular weight is 385 g/mol. The lowest BCUT2D eigenvalue weighted by Gasteiger charge is -2.14. The molecule has 3 rings (SSSR count). The van der Waals surface area contributed by atoms with Crippen molar-refractivity contribution in [2.45, 2.75) is 26.8 Å². The number of aromatic nitrogens is 2. The van der Waals surface area contributed by atoms with Crippen LogP contribution < -0.4 is 10.9 Å². The number of ether oxygens (including phenoxy) is 1. The molecule has 0 radical (unpaired) electrons. The highest BCUT2D eigenvalue weighted by atomic mass is 32.1. The molecular formula is C19H19N3O4S. The molecule has 1 amide bonds. The summed E-state index contributed by atoms with van der Waals surface area (Å²) in [4.78, 5) is 44.1. The molecular weight excluding hydrogens is 366 g/mol. The molecule has 7 nitrogen and oxygen atoms in total. The van der Waals surface area contributed by atoms with E-state index in [1.165, 1.54) is 0 Å². The molecule has 3 aromatic rings. The summed E-state index contributed by atoms with van der Waals surface area (Å²) in [6, 6.07) is 9.29. The number of nitrogens with one attached hydrogen (secondary N) is 2. The lowest BCUT2D eigenvalue weighted by Crippen LogP contribution is -2.31. The van der Waals surface area contributed by atoms with E-state index in [-0.39, 0.29) is 16.5 Å². The number of thiophene rings is 1. The van der Waals surface area contributed by atoms with E-state index in [9.17, 15) is 14.4 Å². The fraction of sp³-hybridized carbons (Fsp3) is 0.263. The standard InChI is InChI=1S/C19H19N3O4S/c1-10-15-17(24)21-12(3)22-18(15)27-16(10)19(25)26-9-14(23)20-11(2)13-7-5-4-6-8-13/h4-8,11H,9H2,1-3H3,(H,20,23)(H,21,22,24). The number of carbonyl (C=O) groups excluding carboxylic acids is 2. The Morgan fingerprint density at radius 2 is 1.96 bits per heavy atom. The van der Waals surface area contributed by atoms with Crippen LogP contribution in [0, 0.1) is 13.8 Å². The number of hydrogen-bond acceptors (Lipinski definition) is 6. The van der Waals surface area contributed by atoms with Gasteiger partial charge in [0.25, 0.3) is 11.5 Å². The van der Waals surface area contributed by atoms with Crippen LogP contribution in [0.1, 0.15) is 39.6 Å². The number of rotatable bonds is 5. The van der Waals surface area contributed by atoms with Gasteiger partial charge in [0.05, 0.1) is 11.4 Å². The highest BCUT2D eigenvalue weighted by molar-refractivity contribution is 7.20. The van der Waals surface area contributed by atoms with Crippen LogP contribution in [-0.4, -0.2) is 28.5 Å². The molecule has 0 spiro atoms. The van der Waals surface area contributed by atoms with Crippen molar-refractivity contribution in [3.05, 3.63) is 62.5 Å². The van der Waals surface area contributed by atoms with Crippen LogP contribution >= 0.6 is 11.3 Å². The molecule has 2 heterocycles. The molecule has 0 bridgehead atoms. The van der Waals surface area contributed by atoms with E-state index in [2.05, 4.69) is 15.3 Å². The Balaban J connectivity index is 1.67. The quantitative estimate of drug-likeness (QED) is 0.658. The Hall–Kier alpha value is -3.00. The molecule has 27 heavy (non-hydrogen) atoms. The molecule has 0 aliphatic carbocycles. The van der Waals surface area contributed by atoms with E-state index >= 15 is 0 Å². The number of amides is 1. The monoisotopic (exact) mass is 385 g/mol. The summed E-state index contributed by atoms with van der Waals surface area (Å²) in [7, 11) is 0. The molecule has 0 aliphatic rings. The Bertz CT molecular complexity index is 1060. The fourth-order valence-corrected chi connectivity index (χ4v) is 3.87. The van der Waals surface area contributed by atoms with Gasteiger partial charge in [-0.1, -0.05) is 30.3 Å². The predicted octanol–water partition coefficient (Wildman–Crippen LogP) is 2.64. The van der Waals surface area contributed by atoms with Crippen LogP contribution in [0.15, 0.2) is 35.1 Å². The number of H-pyrrole nitrogens is 1. The number of benzene rings is 1. The summed E-state index contributed by atoms with van der Waals surface area (Å²) in [6.45, 7) is 4.79. The van der Waals surface area contributed by atoms with Crippen molar-refractivity contribution in [1.82, 2.24) is 15.3 Å². The van der Waals surface area contributed by atoms with E-state index in [1.54, 1.807) is 13.8 Å². The van der Waals surface area contributed by atoms with Crippen LogP contribution in [0.2, 0.25) is 0 Å². The molecule has 0 fully saturated rings. The van der Waals surface area contributed by atoms with Crippen molar-refractivity contribution in [3.63, 3.8) is 0 Å². The third-order valence-corrected chi connectivity index (χ3v) is 5.28. The van der Waals surface area contributed by atoms with Gasteiger partial charge in [-0.25, -0.2) is 9.78 Å². The number of fused-ring (bicyclic) bond motifs is 1. The molecule has 8 heteroatoms. The number of carbonyl (C=O) groups is 2. The van der Waals surface area contributed by atoms with Crippen LogP contribution in [0.25, 0.3) is 10.2 Å². The number of aromatic amines is 1. The Kier molecular flexibility index (Phi) is 5.36. The summed E-state index contributed by atoms with van der Waals surface area (Å²) in [5.74, 6) is -0.566. The average Bonchev–Trinajstić information content (AvgIpc) is 2.97. The number of nitrogens with zero attached hydrogens (tertiary/aromatic N) is 1. The van der Waals surface area contributed by atoms with Gasteiger partial charge < -0.3 is 15.0 Å². The van der Waals surface area contributed by atoms with Gasteiger partial charge in [0.2, 0.25) is 0 Å². The van der Waals surface area contributed by atoms with Crippen LogP contribution in [0.5, 0.6) is 0 Å². The van der Waals surface area contributed by atoms with Crippen molar-refractivity contribution in [2.24, 2.45) is 0 Å². The largest absolute Gasteiger partial charge is 0.451 e. The SMILES string of the molecule is Cc1nc2sc(C(=O)OCC(=O)NC(C)c3ccccc3)c(C)c2c(=O)[nH]1. The molecule has 1 aromatic carbocycles. The number of hydrogen-bond donors (Lipinski definition) is 2. The Morgan fingerprint density at radius 3 is 2.67 bits per heavy atom. The van der Waals surface area contributed by atoms with Crippen LogP contribution in [0.3, 0.4) is 0 Å². The normalized spacial score (nSPS) is 12.0. The first-order chi connectivity index (χ1) is 12.9. The van der Waals surface area contributed by atoms with Gasteiger partial charge in [0.15, 0.2) is 6.61 Å². The van der Waals surface area contributed by atoms with Gasteiger partial charge in [-0.05, 0) is 31.9 Å². The zero-order valence-corrected chi connectivity index (χ0v) is 16.0. The minimum atomic E-state index is -0.643. The van der Waals surface area contributed by atoms with Gasteiger partial charge in [-0.15, -0.1) is 11.3 Å².